The van der Waals surface area contributed by atoms with Gasteiger partial charge in [-0.3, -0.25) is 4.99 Å². The Kier molecular flexibility index (Phi) is 5.98. The molecule has 0 aromatic carbocycles. The van der Waals surface area contributed by atoms with Crippen molar-refractivity contribution in [2.24, 2.45) is 15.0 Å². The standard InChI is InChI=1S/C18H29N5O2/c1-7-19-15-13(2)20-12-21-16(15)22(6)14-9-8-10-23(11-14)17(24)25-18(3,4)5/h12,14H,2,7-11H2,1,3-6H3. The summed E-state index contributed by atoms with van der Waals surface area (Å²) >= 11 is 0. The summed E-state index contributed by atoms with van der Waals surface area (Å²) in [7, 11) is 1.99. The molecule has 0 bridgehead atoms. The van der Waals surface area contributed by atoms with Gasteiger partial charge in [0.1, 0.15) is 17.7 Å². The van der Waals surface area contributed by atoms with E-state index >= 15 is 0 Å². The molecule has 0 aromatic heterocycles. The normalized spacial score (nSPS) is 22.8. The first kappa shape index (κ1) is 19.1. The van der Waals surface area contributed by atoms with Crippen molar-refractivity contribution in [3.05, 3.63) is 12.3 Å². The van der Waals surface area contributed by atoms with Crippen LogP contribution in [0.5, 0.6) is 0 Å². The van der Waals surface area contributed by atoms with E-state index in [1.807, 2.05) is 34.7 Å². The summed E-state index contributed by atoms with van der Waals surface area (Å²) in [6.07, 6.45) is 3.16. The van der Waals surface area contributed by atoms with E-state index in [9.17, 15) is 4.79 Å². The average Bonchev–Trinajstić information content (AvgIpc) is 2.55. The van der Waals surface area contributed by atoms with Crippen LogP contribution in [0.4, 0.5) is 4.79 Å². The van der Waals surface area contributed by atoms with Crippen molar-refractivity contribution in [2.45, 2.75) is 52.2 Å². The van der Waals surface area contributed by atoms with Gasteiger partial charge in [0, 0.05) is 32.7 Å². The summed E-state index contributed by atoms with van der Waals surface area (Å²) in [5.74, 6) is 0.762. The predicted molar refractivity (Wildman–Crippen MR) is 102 cm³/mol. The van der Waals surface area contributed by atoms with Gasteiger partial charge in [-0.15, -0.1) is 0 Å². The third-order valence-corrected chi connectivity index (χ3v) is 4.12. The van der Waals surface area contributed by atoms with Gasteiger partial charge in [0.2, 0.25) is 0 Å². The van der Waals surface area contributed by atoms with Crippen molar-refractivity contribution in [1.29, 1.82) is 0 Å². The molecule has 7 nitrogen and oxygen atoms in total. The van der Waals surface area contributed by atoms with Gasteiger partial charge >= 0.3 is 6.09 Å². The SMILES string of the molecule is C=C1N=CN=C(N(C)C2CCCN(C(=O)OC(C)(C)C)C2)C1=NCC. The molecule has 1 saturated heterocycles. The summed E-state index contributed by atoms with van der Waals surface area (Å²) in [6, 6.07) is 0.154. The second kappa shape index (κ2) is 7.80. The molecule has 138 valence electrons. The number of nitrogens with zero attached hydrogens (tertiary/aromatic N) is 5. The van der Waals surface area contributed by atoms with Gasteiger partial charge in [-0.25, -0.2) is 14.8 Å². The summed E-state index contributed by atoms with van der Waals surface area (Å²) in [6.45, 7) is 13.5. The Morgan fingerprint density at radius 2 is 2.24 bits per heavy atom. The van der Waals surface area contributed by atoms with Gasteiger partial charge in [-0.1, -0.05) is 6.58 Å². The molecule has 0 radical (unpaired) electrons. The molecule has 1 unspecified atom stereocenters. The number of amidine groups is 1. The van der Waals surface area contributed by atoms with E-state index in [1.165, 1.54) is 6.34 Å². The maximum Gasteiger partial charge on any atom is 0.410 e. The Bertz CT molecular complexity index is 615. The van der Waals surface area contributed by atoms with Crippen molar-refractivity contribution in [3.63, 3.8) is 0 Å². The Balaban J connectivity index is 2.11. The van der Waals surface area contributed by atoms with Crippen molar-refractivity contribution in [3.8, 4) is 0 Å². The fourth-order valence-corrected chi connectivity index (χ4v) is 2.92. The third kappa shape index (κ3) is 4.90. The second-order valence-electron chi connectivity index (χ2n) is 7.30. The van der Waals surface area contributed by atoms with E-state index < -0.39 is 5.60 Å². The highest BCUT2D eigenvalue weighted by atomic mass is 16.6. The van der Waals surface area contributed by atoms with Crippen LogP contribution in [0.1, 0.15) is 40.5 Å². The van der Waals surface area contributed by atoms with E-state index in [2.05, 4.69) is 26.5 Å². The first-order chi connectivity index (χ1) is 11.7. The first-order valence-electron chi connectivity index (χ1n) is 8.78. The number of likely N-dealkylation sites (tertiary alicyclic amines) is 1. The van der Waals surface area contributed by atoms with Crippen LogP contribution in [0.3, 0.4) is 0 Å². The minimum absolute atomic E-state index is 0.154. The Morgan fingerprint density at radius 1 is 1.52 bits per heavy atom. The quantitative estimate of drug-likeness (QED) is 0.771. The number of hydrogen-bond donors (Lipinski definition) is 0. The van der Waals surface area contributed by atoms with E-state index in [1.54, 1.807) is 4.90 Å². The Hall–Kier alpha value is -2.18. The Morgan fingerprint density at radius 3 is 2.88 bits per heavy atom. The fraction of sp³-hybridized carbons (Fsp3) is 0.667. The van der Waals surface area contributed by atoms with Crippen molar-refractivity contribution < 1.29 is 9.53 Å². The van der Waals surface area contributed by atoms with Gasteiger partial charge in [-0.05, 0) is 40.5 Å². The largest absolute Gasteiger partial charge is 0.444 e. The minimum Gasteiger partial charge on any atom is -0.444 e. The molecule has 0 saturated carbocycles. The number of hydrogen-bond acceptors (Lipinski definition) is 6. The van der Waals surface area contributed by atoms with Crippen LogP contribution < -0.4 is 0 Å². The zero-order valence-electron chi connectivity index (χ0n) is 15.9. The molecule has 1 amide bonds. The molecule has 7 heteroatoms. The number of ether oxygens (including phenoxy) is 1. The maximum absolute atomic E-state index is 12.4. The first-order valence-corrected chi connectivity index (χ1v) is 8.78. The van der Waals surface area contributed by atoms with Crippen LogP contribution in [0.25, 0.3) is 0 Å². The number of amides is 1. The third-order valence-electron chi connectivity index (χ3n) is 4.12. The van der Waals surface area contributed by atoms with Crippen LogP contribution >= 0.6 is 0 Å². The summed E-state index contributed by atoms with van der Waals surface area (Å²) < 4.78 is 5.51. The van der Waals surface area contributed by atoms with Crippen LogP contribution in [0.15, 0.2) is 27.3 Å². The lowest BCUT2D eigenvalue weighted by molar-refractivity contribution is 0.0159. The lowest BCUT2D eigenvalue weighted by Gasteiger charge is -2.39. The van der Waals surface area contributed by atoms with Gasteiger partial charge in [0.05, 0.1) is 5.70 Å². The summed E-state index contributed by atoms with van der Waals surface area (Å²) in [4.78, 5) is 29.3. The lowest BCUT2D eigenvalue weighted by atomic mass is 10.0. The van der Waals surface area contributed by atoms with E-state index in [4.69, 9.17) is 4.74 Å². The van der Waals surface area contributed by atoms with Crippen molar-refractivity contribution >= 4 is 24.0 Å². The molecule has 1 atom stereocenters. The number of carbonyl (C=O) groups excluding carboxylic acids is 1. The smallest absolute Gasteiger partial charge is 0.410 e. The number of rotatable bonds is 2. The number of aliphatic imine (C=N–C) groups is 3. The topological polar surface area (TPSA) is 69.9 Å². The van der Waals surface area contributed by atoms with Crippen molar-refractivity contribution in [1.82, 2.24) is 9.80 Å². The number of likely N-dealkylation sites (N-methyl/N-ethyl adjacent to an activating group) is 1. The molecular weight excluding hydrogens is 318 g/mol. The highest BCUT2D eigenvalue weighted by Gasteiger charge is 2.32. The van der Waals surface area contributed by atoms with Crippen LogP contribution in [-0.4, -0.2) is 72.1 Å². The van der Waals surface area contributed by atoms with E-state index in [-0.39, 0.29) is 12.1 Å². The minimum atomic E-state index is -0.488. The molecule has 25 heavy (non-hydrogen) atoms. The summed E-state index contributed by atoms with van der Waals surface area (Å²) in [5, 5.41) is 0. The van der Waals surface area contributed by atoms with E-state index in [0.717, 1.165) is 30.9 Å². The number of carbonyl (C=O) groups is 1. The van der Waals surface area contributed by atoms with Crippen LogP contribution in [-0.2, 0) is 4.74 Å². The lowest BCUT2D eigenvalue weighted by Crippen LogP contribution is -2.52. The molecule has 2 heterocycles. The zero-order valence-corrected chi connectivity index (χ0v) is 15.9. The maximum atomic E-state index is 12.4. The molecule has 2 aliphatic rings. The van der Waals surface area contributed by atoms with Crippen LogP contribution in [0, 0.1) is 0 Å². The highest BCUT2D eigenvalue weighted by molar-refractivity contribution is 6.49. The van der Waals surface area contributed by atoms with Gasteiger partial charge < -0.3 is 14.5 Å². The van der Waals surface area contributed by atoms with E-state index in [0.29, 0.717) is 18.8 Å². The monoisotopic (exact) mass is 347 g/mol. The van der Waals surface area contributed by atoms with Crippen molar-refractivity contribution in [2.75, 3.05) is 26.7 Å². The van der Waals surface area contributed by atoms with Crippen LogP contribution in [0.2, 0.25) is 0 Å². The molecule has 2 rings (SSSR count). The molecule has 1 fully saturated rings. The summed E-state index contributed by atoms with van der Waals surface area (Å²) in [5.41, 5.74) is 0.860. The number of piperidine rings is 1. The molecule has 0 aliphatic carbocycles. The highest BCUT2D eigenvalue weighted by Crippen LogP contribution is 2.20. The van der Waals surface area contributed by atoms with Gasteiger partial charge in [0.15, 0.2) is 5.84 Å². The van der Waals surface area contributed by atoms with Gasteiger partial charge in [-0.2, -0.15) is 0 Å². The second-order valence-corrected chi connectivity index (χ2v) is 7.30. The molecule has 0 aromatic rings. The molecule has 0 N–H and O–H groups in total. The fourth-order valence-electron chi connectivity index (χ4n) is 2.92. The van der Waals surface area contributed by atoms with Gasteiger partial charge in [0.25, 0.3) is 0 Å². The average molecular weight is 347 g/mol. The molecule has 2 aliphatic heterocycles. The Labute approximate surface area is 150 Å². The predicted octanol–water partition coefficient (Wildman–Crippen LogP) is 2.73. The molecular formula is C18H29N5O2. The molecule has 0 spiro atoms. The zero-order chi connectivity index (χ0) is 18.6.